The third-order valence-electron chi connectivity index (χ3n) is 3.04. The van der Waals surface area contributed by atoms with Crippen molar-refractivity contribution in [3.05, 3.63) is 51.3 Å². The highest BCUT2D eigenvalue weighted by atomic mass is 79.9. The van der Waals surface area contributed by atoms with E-state index in [2.05, 4.69) is 43.3 Å². The van der Waals surface area contributed by atoms with Gasteiger partial charge >= 0.3 is 0 Å². The number of benzene rings is 1. The number of anilines is 1. The van der Waals surface area contributed by atoms with Crippen molar-refractivity contribution < 1.29 is 0 Å². The van der Waals surface area contributed by atoms with Crippen LogP contribution in [0.4, 0.5) is 5.82 Å². The van der Waals surface area contributed by atoms with E-state index in [0.717, 1.165) is 22.7 Å². The molecule has 0 spiro atoms. The Morgan fingerprint density at radius 2 is 1.95 bits per heavy atom. The predicted octanol–water partition coefficient (Wildman–Crippen LogP) is 4.38. The molecule has 0 radical (unpaired) electrons. The number of aromatic nitrogens is 2. The first-order chi connectivity index (χ1) is 9.20. The molecule has 1 aliphatic rings. The van der Waals surface area contributed by atoms with Gasteiger partial charge in [0.2, 0.25) is 0 Å². The van der Waals surface area contributed by atoms with Crippen LogP contribution < -0.4 is 5.32 Å². The Morgan fingerprint density at radius 1 is 1.21 bits per heavy atom. The van der Waals surface area contributed by atoms with E-state index in [-0.39, 0.29) is 0 Å². The van der Waals surface area contributed by atoms with Gasteiger partial charge in [0, 0.05) is 23.0 Å². The molecule has 3 nitrogen and oxygen atoms in total. The minimum atomic E-state index is 0.506. The predicted molar refractivity (Wildman–Crippen MR) is 80.5 cm³/mol. The van der Waals surface area contributed by atoms with Gasteiger partial charge in [0.15, 0.2) is 0 Å². The van der Waals surface area contributed by atoms with Gasteiger partial charge in [-0.2, -0.15) is 0 Å². The van der Waals surface area contributed by atoms with Gasteiger partial charge in [-0.3, -0.25) is 0 Å². The van der Waals surface area contributed by atoms with Crippen LogP contribution in [0, 0.1) is 0 Å². The molecule has 98 valence electrons. The lowest BCUT2D eigenvalue weighted by atomic mass is 10.2. The smallest absolute Gasteiger partial charge is 0.135 e. The molecule has 2 aromatic rings. The summed E-state index contributed by atoms with van der Waals surface area (Å²) in [6.07, 6.45) is 2.35. The first kappa shape index (κ1) is 12.9. The van der Waals surface area contributed by atoms with Crippen LogP contribution in [0.1, 0.15) is 30.1 Å². The zero-order valence-corrected chi connectivity index (χ0v) is 12.6. The Hall–Kier alpha value is -1.13. The Bertz CT molecular complexity index is 582. The van der Waals surface area contributed by atoms with E-state index in [1.807, 2.05) is 12.1 Å². The molecule has 1 aromatic heterocycles. The van der Waals surface area contributed by atoms with Crippen LogP contribution in [-0.2, 0) is 6.54 Å². The van der Waals surface area contributed by atoms with Crippen LogP contribution in [-0.4, -0.2) is 9.97 Å². The second-order valence-electron chi connectivity index (χ2n) is 4.69. The standard InChI is InChI=1S/C14H13BrClN3/c15-11-5-1-9(2-6-11)8-17-13-7-12(16)18-14(19-13)10-3-4-10/h1-2,5-7,10H,3-4,8H2,(H,17,18,19). The normalized spacial score (nSPS) is 14.4. The Balaban J connectivity index is 1.70. The molecular weight excluding hydrogens is 326 g/mol. The van der Waals surface area contributed by atoms with E-state index in [1.54, 1.807) is 6.07 Å². The molecule has 1 heterocycles. The van der Waals surface area contributed by atoms with E-state index in [4.69, 9.17) is 11.6 Å². The lowest BCUT2D eigenvalue weighted by Gasteiger charge is -2.08. The van der Waals surface area contributed by atoms with Gasteiger partial charge in [0.1, 0.15) is 16.8 Å². The third kappa shape index (κ3) is 3.45. The van der Waals surface area contributed by atoms with Crippen molar-refractivity contribution in [1.82, 2.24) is 9.97 Å². The van der Waals surface area contributed by atoms with E-state index >= 15 is 0 Å². The summed E-state index contributed by atoms with van der Waals surface area (Å²) in [5.74, 6) is 2.17. The highest BCUT2D eigenvalue weighted by molar-refractivity contribution is 9.10. The molecular formula is C14H13BrClN3. The largest absolute Gasteiger partial charge is 0.366 e. The minimum absolute atomic E-state index is 0.506. The maximum atomic E-state index is 6.03. The first-order valence-corrected chi connectivity index (χ1v) is 7.40. The monoisotopic (exact) mass is 337 g/mol. The maximum absolute atomic E-state index is 6.03. The number of rotatable bonds is 4. The molecule has 0 saturated heterocycles. The van der Waals surface area contributed by atoms with Gasteiger partial charge in [-0.25, -0.2) is 9.97 Å². The zero-order chi connectivity index (χ0) is 13.2. The fraction of sp³-hybridized carbons (Fsp3) is 0.286. The van der Waals surface area contributed by atoms with Crippen LogP contribution in [0.2, 0.25) is 5.15 Å². The summed E-state index contributed by atoms with van der Waals surface area (Å²) < 4.78 is 1.08. The molecule has 1 N–H and O–H groups in total. The summed E-state index contributed by atoms with van der Waals surface area (Å²) in [5, 5.41) is 3.80. The van der Waals surface area contributed by atoms with Crippen LogP contribution in [0.25, 0.3) is 0 Å². The molecule has 5 heteroatoms. The summed E-state index contributed by atoms with van der Waals surface area (Å²) in [6, 6.07) is 9.97. The van der Waals surface area contributed by atoms with Crippen molar-refractivity contribution in [1.29, 1.82) is 0 Å². The molecule has 0 atom stereocenters. The van der Waals surface area contributed by atoms with E-state index < -0.39 is 0 Å². The van der Waals surface area contributed by atoms with Gasteiger partial charge in [-0.05, 0) is 30.5 Å². The average molecular weight is 339 g/mol. The van der Waals surface area contributed by atoms with Crippen LogP contribution in [0.5, 0.6) is 0 Å². The number of hydrogen-bond acceptors (Lipinski definition) is 3. The molecule has 3 rings (SSSR count). The Morgan fingerprint density at radius 3 is 2.63 bits per heavy atom. The van der Waals surface area contributed by atoms with E-state index in [1.165, 1.54) is 18.4 Å². The van der Waals surface area contributed by atoms with Crippen molar-refractivity contribution >= 4 is 33.3 Å². The molecule has 0 aliphatic heterocycles. The Labute approximate surface area is 125 Å². The number of halogens is 2. The second-order valence-corrected chi connectivity index (χ2v) is 5.99. The first-order valence-electron chi connectivity index (χ1n) is 6.23. The average Bonchev–Trinajstić information content (AvgIpc) is 3.22. The summed E-state index contributed by atoms with van der Waals surface area (Å²) in [6.45, 7) is 0.727. The van der Waals surface area contributed by atoms with Gasteiger partial charge in [0.25, 0.3) is 0 Å². The van der Waals surface area contributed by atoms with Gasteiger partial charge in [0.05, 0.1) is 0 Å². The van der Waals surface area contributed by atoms with Gasteiger partial charge in [-0.1, -0.05) is 39.7 Å². The molecule has 0 unspecified atom stereocenters. The van der Waals surface area contributed by atoms with Crippen LogP contribution in [0.15, 0.2) is 34.8 Å². The minimum Gasteiger partial charge on any atom is -0.366 e. The van der Waals surface area contributed by atoms with Crippen molar-refractivity contribution in [2.75, 3.05) is 5.32 Å². The number of hydrogen-bond donors (Lipinski definition) is 1. The number of nitrogens with one attached hydrogen (secondary N) is 1. The highest BCUT2D eigenvalue weighted by Crippen LogP contribution is 2.38. The van der Waals surface area contributed by atoms with Crippen LogP contribution in [0.3, 0.4) is 0 Å². The molecule has 1 saturated carbocycles. The van der Waals surface area contributed by atoms with Crippen molar-refractivity contribution in [2.24, 2.45) is 0 Å². The van der Waals surface area contributed by atoms with Crippen molar-refractivity contribution in [3.63, 3.8) is 0 Å². The summed E-state index contributed by atoms with van der Waals surface area (Å²) in [5.41, 5.74) is 1.20. The third-order valence-corrected chi connectivity index (χ3v) is 3.76. The molecule has 19 heavy (non-hydrogen) atoms. The van der Waals surface area contributed by atoms with Gasteiger partial charge < -0.3 is 5.32 Å². The lowest BCUT2D eigenvalue weighted by molar-refractivity contribution is 0.921. The SMILES string of the molecule is Clc1cc(NCc2ccc(Br)cc2)nc(C2CC2)n1. The molecule has 1 aromatic carbocycles. The fourth-order valence-corrected chi connectivity index (χ4v) is 2.30. The van der Waals surface area contributed by atoms with Crippen LogP contribution >= 0.6 is 27.5 Å². The molecule has 0 bridgehead atoms. The van der Waals surface area contributed by atoms with Gasteiger partial charge in [-0.15, -0.1) is 0 Å². The quantitative estimate of drug-likeness (QED) is 0.841. The van der Waals surface area contributed by atoms with E-state index in [9.17, 15) is 0 Å². The second kappa shape index (κ2) is 5.47. The molecule has 1 aliphatic carbocycles. The number of nitrogens with zero attached hydrogens (tertiary/aromatic N) is 2. The zero-order valence-electron chi connectivity index (χ0n) is 10.2. The highest BCUT2D eigenvalue weighted by Gasteiger charge is 2.27. The summed E-state index contributed by atoms with van der Waals surface area (Å²) in [4.78, 5) is 8.78. The fourth-order valence-electron chi connectivity index (χ4n) is 1.84. The van der Waals surface area contributed by atoms with Crippen molar-refractivity contribution in [2.45, 2.75) is 25.3 Å². The molecule has 1 fully saturated rings. The topological polar surface area (TPSA) is 37.8 Å². The maximum Gasteiger partial charge on any atom is 0.135 e. The summed E-state index contributed by atoms with van der Waals surface area (Å²) >= 11 is 9.45. The lowest BCUT2D eigenvalue weighted by Crippen LogP contribution is -2.04. The van der Waals surface area contributed by atoms with Crippen molar-refractivity contribution in [3.8, 4) is 0 Å². The summed E-state index contributed by atoms with van der Waals surface area (Å²) in [7, 11) is 0. The Kier molecular flexibility index (Phi) is 3.71. The van der Waals surface area contributed by atoms with E-state index in [0.29, 0.717) is 11.1 Å². The molecule has 0 amide bonds.